The third-order valence-electron chi connectivity index (χ3n) is 3.71. The van der Waals surface area contributed by atoms with Gasteiger partial charge in [0.1, 0.15) is 6.26 Å². The van der Waals surface area contributed by atoms with E-state index < -0.39 is 23.7 Å². The molecule has 5 nitrogen and oxygen atoms in total. The van der Waals surface area contributed by atoms with Gasteiger partial charge in [0, 0.05) is 12.4 Å². The molecule has 134 valence electrons. The first kappa shape index (κ1) is 17.7. The van der Waals surface area contributed by atoms with Crippen molar-refractivity contribution in [1.82, 2.24) is 15.3 Å². The molecule has 0 spiro atoms. The summed E-state index contributed by atoms with van der Waals surface area (Å²) in [6.45, 7) is 1.59. The van der Waals surface area contributed by atoms with Crippen LogP contribution in [0.5, 0.6) is 0 Å². The number of hydrogen-bond donors (Lipinski definition) is 1. The van der Waals surface area contributed by atoms with Crippen molar-refractivity contribution in [3.05, 3.63) is 71.9 Å². The van der Waals surface area contributed by atoms with E-state index in [9.17, 15) is 18.0 Å². The van der Waals surface area contributed by atoms with Crippen molar-refractivity contribution in [1.29, 1.82) is 0 Å². The summed E-state index contributed by atoms with van der Waals surface area (Å²) in [5.74, 6) is -0.316. The maximum Gasteiger partial charge on any atom is 0.416 e. The number of carbonyl (C=O) groups is 1. The number of alkyl halides is 3. The van der Waals surface area contributed by atoms with Crippen molar-refractivity contribution < 1.29 is 22.4 Å². The smallest absolute Gasteiger partial charge is 0.416 e. The highest BCUT2D eigenvalue weighted by Crippen LogP contribution is 2.30. The summed E-state index contributed by atoms with van der Waals surface area (Å²) >= 11 is 0. The molecule has 1 N–H and O–H groups in total. The lowest BCUT2D eigenvalue weighted by atomic mass is 10.0. The molecule has 0 aliphatic carbocycles. The van der Waals surface area contributed by atoms with E-state index in [0.29, 0.717) is 11.1 Å². The van der Waals surface area contributed by atoms with Gasteiger partial charge in [-0.3, -0.25) is 9.78 Å². The zero-order chi connectivity index (χ0) is 18.7. The monoisotopic (exact) mass is 361 g/mol. The number of pyridine rings is 1. The number of rotatable bonds is 4. The number of hydrogen-bond acceptors (Lipinski definition) is 4. The fourth-order valence-electron chi connectivity index (χ4n) is 2.34. The van der Waals surface area contributed by atoms with Gasteiger partial charge in [-0.25, -0.2) is 4.98 Å². The molecule has 8 heteroatoms. The van der Waals surface area contributed by atoms with Crippen LogP contribution < -0.4 is 5.32 Å². The molecular formula is C18H14F3N3O2. The van der Waals surface area contributed by atoms with Crippen LogP contribution in [-0.2, 0) is 6.18 Å². The van der Waals surface area contributed by atoms with E-state index in [4.69, 9.17) is 4.42 Å². The van der Waals surface area contributed by atoms with E-state index in [1.807, 2.05) is 0 Å². The molecule has 2 heterocycles. The Bertz CT molecular complexity index is 907. The number of nitrogens with zero attached hydrogens (tertiary/aromatic N) is 2. The number of aromatic nitrogens is 2. The van der Waals surface area contributed by atoms with Gasteiger partial charge in [0.05, 0.1) is 17.2 Å². The molecule has 1 aromatic carbocycles. The van der Waals surface area contributed by atoms with Crippen LogP contribution >= 0.6 is 0 Å². The summed E-state index contributed by atoms with van der Waals surface area (Å²) in [6, 6.07) is 7.61. The normalized spacial score (nSPS) is 12.6. The van der Waals surface area contributed by atoms with Crippen LogP contribution in [-0.4, -0.2) is 15.9 Å². The van der Waals surface area contributed by atoms with Gasteiger partial charge in [0.2, 0.25) is 5.89 Å². The van der Waals surface area contributed by atoms with Gasteiger partial charge in [-0.1, -0.05) is 12.1 Å². The number of halogens is 3. The molecule has 3 aromatic rings. The lowest BCUT2D eigenvalue weighted by Gasteiger charge is -2.15. The topological polar surface area (TPSA) is 68.0 Å². The summed E-state index contributed by atoms with van der Waals surface area (Å²) in [7, 11) is 0. The third-order valence-corrected chi connectivity index (χ3v) is 3.71. The average molecular weight is 361 g/mol. The largest absolute Gasteiger partial charge is 0.444 e. The molecule has 0 saturated carbocycles. The zero-order valence-electron chi connectivity index (χ0n) is 13.6. The van der Waals surface area contributed by atoms with Gasteiger partial charge in [-0.2, -0.15) is 13.2 Å². The first-order valence-electron chi connectivity index (χ1n) is 7.68. The maximum atomic E-state index is 12.8. The molecule has 0 aliphatic rings. The zero-order valence-corrected chi connectivity index (χ0v) is 13.6. The molecule has 0 fully saturated rings. The van der Waals surface area contributed by atoms with Crippen LogP contribution in [0.25, 0.3) is 11.5 Å². The van der Waals surface area contributed by atoms with Gasteiger partial charge >= 0.3 is 6.18 Å². The van der Waals surface area contributed by atoms with Crippen molar-refractivity contribution in [3.8, 4) is 11.5 Å². The van der Waals surface area contributed by atoms with E-state index in [2.05, 4.69) is 15.3 Å². The number of oxazole rings is 1. The molecule has 1 amide bonds. The van der Waals surface area contributed by atoms with E-state index >= 15 is 0 Å². The lowest BCUT2D eigenvalue weighted by Crippen LogP contribution is -2.27. The maximum absolute atomic E-state index is 12.8. The van der Waals surface area contributed by atoms with Crippen LogP contribution in [0.4, 0.5) is 13.2 Å². The van der Waals surface area contributed by atoms with E-state index in [1.54, 1.807) is 31.5 Å². The minimum absolute atomic E-state index is 0.0303. The van der Waals surface area contributed by atoms with Crippen LogP contribution in [0.15, 0.2) is 59.5 Å². The van der Waals surface area contributed by atoms with E-state index in [1.165, 1.54) is 18.4 Å². The number of carbonyl (C=O) groups excluding carboxylic acids is 1. The van der Waals surface area contributed by atoms with Gasteiger partial charge in [-0.05, 0) is 36.8 Å². The summed E-state index contributed by atoms with van der Waals surface area (Å²) in [4.78, 5) is 20.3. The van der Waals surface area contributed by atoms with E-state index in [-0.39, 0.29) is 11.6 Å². The second-order valence-electron chi connectivity index (χ2n) is 5.60. The Hall–Kier alpha value is -3.16. The average Bonchev–Trinajstić information content (AvgIpc) is 3.12. The Kier molecular flexibility index (Phi) is 4.75. The molecule has 2 aromatic heterocycles. The van der Waals surface area contributed by atoms with Crippen LogP contribution in [0.1, 0.15) is 34.6 Å². The van der Waals surface area contributed by atoms with Crippen LogP contribution in [0.2, 0.25) is 0 Å². The summed E-state index contributed by atoms with van der Waals surface area (Å²) < 4.78 is 43.7. The van der Waals surface area contributed by atoms with Gasteiger partial charge in [-0.15, -0.1) is 0 Å². The first-order valence-corrected chi connectivity index (χ1v) is 7.68. The molecule has 0 bridgehead atoms. The highest BCUT2D eigenvalue weighted by molar-refractivity contribution is 5.92. The molecule has 0 aliphatic heterocycles. The molecule has 1 atom stereocenters. The molecule has 0 saturated heterocycles. The predicted octanol–water partition coefficient (Wildman–Crippen LogP) is 4.25. The van der Waals surface area contributed by atoms with Crippen molar-refractivity contribution in [3.63, 3.8) is 0 Å². The predicted molar refractivity (Wildman–Crippen MR) is 87.1 cm³/mol. The van der Waals surface area contributed by atoms with Crippen molar-refractivity contribution in [2.45, 2.75) is 19.1 Å². The second kappa shape index (κ2) is 6.99. The number of amides is 1. The fraction of sp³-hybridized carbons (Fsp3) is 0.167. The molecule has 0 radical (unpaired) electrons. The third kappa shape index (κ3) is 3.90. The van der Waals surface area contributed by atoms with Crippen molar-refractivity contribution in [2.24, 2.45) is 0 Å². The molecular weight excluding hydrogens is 347 g/mol. The van der Waals surface area contributed by atoms with Crippen molar-refractivity contribution >= 4 is 5.91 Å². The molecule has 3 rings (SSSR count). The standard InChI is InChI=1S/C18H14F3N3O2/c1-11(12-4-2-6-14(8-12)18(19,20)21)23-16(25)15-10-26-17(24-15)13-5-3-7-22-9-13/h2-11H,1H3,(H,23,25). The number of nitrogens with one attached hydrogen (secondary N) is 1. The van der Waals surface area contributed by atoms with Gasteiger partial charge in [0.15, 0.2) is 5.69 Å². The Morgan fingerprint density at radius 3 is 2.73 bits per heavy atom. The fourth-order valence-corrected chi connectivity index (χ4v) is 2.34. The highest BCUT2D eigenvalue weighted by Gasteiger charge is 2.30. The van der Waals surface area contributed by atoms with Gasteiger partial charge < -0.3 is 9.73 Å². The SMILES string of the molecule is CC(NC(=O)c1coc(-c2cccnc2)n1)c1cccc(C(F)(F)F)c1. The quantitative estimate of drug-likeness (QED) is 0.754. The Morgan fingerprint density at radius 2 is 2.04 bits per heavy atom. The van der Waals surface area contributed by atoms with Gasteiger partial charge in [0.25, 0.3) is 5.91 Å². The summed E-state index contributed by atoms with van der Waals surface area (Å²) in [6.07, 6.45) is -0.115. The highest BCUT2D eigenvalue weighted by atomic mass is 19.4. The summed E-state index contributed by atoms with van der Waals surface area (Å²) in [5.41, 5.74) is 0.209. The lowest BCUT2D eigenvalue weighted by molar-refractivity contribution is -0.137. The number of benzene rings is 1. The Morgan fingerprint density at radius 1 is 1.23 bits per heavy atom. The molecule has 26 heavy (non-hydrogen) atoms. The molecule has 1 unspecified atom stereocenters. The van der Waals surface area contributed by atoms with Crippen LogP contribution in [0, 0.1) is 0 Å². The second-order valence-corrected chi connectivity index (χ2v) is 5.60. The Balaban J connectivity index is 1.73. The summed E-state index contributed by atoms with van der Waals surface area (Å²) in [5, 5.41) is 2.61. The van der Waals surface area contributed by atoms with Crippen LogP contribution in [0.3, 0.4) is 0 Å². The van der Waals surface area contributed by atoms with Crippen molar-refractivity contribution in [2.75, 3.05) is 0 Å². The minimum Gasteiger partial charge on any atom is -0.444 e. The van der Waals surface area contributed by atoms with E-state index in [0.717, 1.165) is 12.1 Å². The first-order chi connectivity index (χ1) is 12.3. The minimum atomic E-state index is -4.44. The Labute approximate surface area is 146 Å².